The van der Waals surface area contributed by atoms with E-state index in [2.05, 4.69) is 355 Å². The van der Waals surface area contributed by atoms with Gasteiger partial charge in [0.1, 0.15) is 11.5 Å². The molecule has 3 aliphatic carbocycles. The van der Waals surface area contributed by atoms with Crippen LogP contribution in [0.5, 0.6) is 11.5 Å². The summed E-state index contributed by atoms with van der Waals surface area (Å²) in [5.41, 5.74) is 29.7. The Labute approximate surface area is 630 Å². The van der Waals surface area contributed by atoms with Gasteiger partial charge in [0, 0.05) is 0 Å². The quantitative estimate of drug-likeness (QED) is 0.160. The number of benzene rings is 10. The van der Waals surface area contributed by atoms with E-state index < -0.39 is 0 Å². The summed E-state index contributed by atoms with van der Waals surface area (Å²) in [6.07, 6.45) is 5.73. The summed E-state index contributed by atoms with van der Waals surface area (Å²) in [6.45, 7) is 71.6. The van der Waals surface area contributed by atoms with Crippen LogP contribution in [0.2, 0.25) is 0 Å². The minimum Gasteiger partial charge on any atom is -0.457 e. The maximum Gasteiger partial charge on any atom is 0.127 e. The molecule has 8 atom stereocenters. The molecule has 0 aliphatic heterocycles. The van der Waals surface area contributed by atoms with Gasteiger partial charge in [-0.25, -0.2) is 0 Å². The molecule has 0 aromatic heterocycles. The fraction of sp³-hybridized carbons (Fsp3) is 0.471. The van der Waals surface area contributed by atoms with Crippen LogP contribution in [0.15, 0.2) is 146 Å². The van der Waals surface area contributed by atoms with Crippen LogP contribution in [0, 0.1) is 209 Å². The molecule has 0 bridgehead atoms. The van der Waals surface area contributed by atoms with Crippen molar-refractivity contribution in [3.8, 4) is 22.6 Å². The number of aryl methyl sites for hydroxylation is 20. The highest BCUT2D eigenvalue weighted by Crippen LogP contribution is 2.45. The smallest absolute Gasteiger partial charge is 0.127 e. The van der Waals surface area contributed by atoms with Crippen LogP contribution in [0.25, 0.3) is 43.4 Å². The summed E-state index contributed by atoms with van der Waals surface area (Å²) in [4.78, 5) is 0. The van der Waals surface area contributed by atoms with Gasteiger partial charge in [-0.1, -0.05) is 199 Å². The largest absolute Gasteiger partial charge is 0.457 e. The monoisotopic (exact) mass is 1380 g/mol. The van der Waals surface area contributed by atoms with Crippen LogP contribution in [0.3, 0.4) is 0 Å². The first-order valence-electron chi connectivity index (χ1n) is 39.7. The molecule has 10 aromatic rings. The van der Waals surface area contributed by atoms with Gasteiger partial charge in [0.15, 0.2) is 0 Å². The van der Waals surface area contributed by atoms with E-state index in [1.54, 1.807) is 0 Å². The SMILES string of the molecule is CC1C(C)C(C)C1C.CC1CC(C)C(C)CC1C.CCC1C(C)CC(C)C1C.Cc1cc(C)c(C)cc1C.Cc1cc2cc(C)c(C)cc2cc1C.Cc1cc2cc3cc(C)c(C)cc3cc2cc1C.Cc1ccc(-c2ccc(C)c(C)c2)cc1C.Cc1ccc(Oc2ccc(C)c(C)c2)cc1C. The summed E-state index contributed by atoms with van der Waals surface area (Å²) < 4.78 is 5.85. The molecule has 554 valence electrons. The van der Waals surface area contributed by atoms with Crippen molar-refractivity contribution in [1.29, 1.82) is 0 Å². The third kappa shape index (κ3) is 23.4. The van der Waals surface area contributed by atoms with Crippen molar-refractivity contribution in [2.45, 2.75) is 247 Å². The second kappa shape index (κ2) is 38.2. The lowest BCUT2D eigenvalue weighted by molar-refractivity contribution is 0.0302. The van der Waals surface area contributed by atoms with Crippen LogP contribution in [0.1, 0.15) is 220 Å². The van der Waals surface area contributed by atoms with Gasteiger partial charge in [0.25, 0.3) is 0 Å². The van der Waals surface area contributed by atoms with Gasteiger partial charge in [0.2, 0.25) is 0 Å². The number of ether oxygens (including phenoxy) is 1. The molecule has 3 aliphatic rings. The molecule has 0 radical (unpaired) electrons. The summed E-state index contributed by atoms with van der Waals surface area (Å²) in [6, 6.07) is 53.0. The van der Waals surface area contributed by atoms with Crippen LogP contribution in [0.4, 0.5) is 0 Å². The number of hydrogen-bond acceptors (Lipinski definition) is 1. The molecule has 3 fully saturated rings. The fourth-order valence-corrected chi connectivity index (χ4v) is 15.6. The normalized spacial score (nSPS) is 21.5. The fourth-order valence-electron chi connectivity index (χ4n) is 15.6. The van der Waals surface area contributed by atoms with Crippen molar-refractivity contribution >= 4 is 32.3 Å². The van der Waals surface area contributed by atoms with E-state index in [1.807, 2.05) is 12.1 Å². The summed E-state index contributed by atoms with van der Waals surface area (Å²) >= 11 is 0. The second-order valence-corrected chi connectivity index (χ2v) is 33.8. The average molecular weight is 1380 g/mol. The molecular weight excluding hydrogens is 1240 g/mol. The third-order valence-corrected chi connectivity index (χ3v) is 26.0. The van der Waals surface area contributed by atoms with Crippen molar-refractivity contribution in [3.63, 3.8) is 0 Å². The number of fused-ring (bicyclic) bond motifs is 3. The topological polar surface area (TPSA) is 9.23 Å². The highest BCUT2D eigenvalue weighted by atomic mass is 16.5. The zero-order valence-corrected chi connectivity index (χ0v) is 71.0. The van der Waals surface area contributed by atoms with Crippen molar-refractivity contribution < 1.29 is 4.74 Å². The molecular formula is C102H140O. The van der Waals surface area contributed by atoms with Crippen LogP contribution >= 0.6 is 0 Å². The van der Waals surface area contributed by atoms with E-state index in [0.29, 0.717) is 0 Å². The van der Waals surface area contributed by atoms with E-state index in [-0.39, 0.29) is 0 Å². The van der Waals surface area contributed by atoms with Crippen molar-refractivity contribution in [2.75, 3.05) is 0 Å². The first kappa shape index (κ1) is 84.7. The van der Waals surface area contributed by atoms with Crippen molar-refractivity contribution in [3.05, 3.63) is 257 Å². The average Bonchev–Trinajstić information content (AvgIpc) is 0.890. The molecule has 0 spiro atoms. The van der Waals surface area contributed by atoms with Crippen LogP contribution in [-0.2, 0) is 0 Å². The highest BCUT2D eigenvalue weighted by molar-refractivity contribution is 5.99. The maximum atomic E-state index is 5.85. The zero-order valence-electron chi connectivity index (χ0n) is 71.0. The highest BCUT2D eigenvalue weighted by Gasteiger charge is 2.38. The summed E-state index contributed by atoms with van der Waals surface area (Å²) in [5, 5.41) is 8.08. The Morgan fingerprint density at radius 2 is 0.427 bits per heavy atom. The Bertz CT molecular complexity index is 4000. The van der Waals surface area contributed by atoms with Crippen LogP contribution in [-0.4, -0.2) is 0 Å². The Hall–Kier alpha value is -7.22. The minimum atomic E-state index is 0.899. The number of hydrogen-bond donors (Lipinski definition) is 0. The van der Waals surface area contributed by atoms with Gasteiger partial charge in [-0.15, -0.1) is 0 Å². The predicted octanol–water partition coefficient (Wildman–Crippen LogP) is 30.7. The van der Waals surface area contributed by atoms with E-state index in [9.17, 15) is 0 Å². The molecule has 0 amide bonds. The molecule has 3 saturated carbocycles. The molecule has 1 nitrogen and oxygen atoms in total. The second-order valence-electron chi connectivity index (χ2n) is 33.8. The van der Waals surface area contributed by atoms with Crippen molar-refractivity contribution in [1.82, 2.24) is 0 Å². The zero-order chi connectivity index (χ0) is 76.8. The lowest BCUT2D eigenvalue weighted by Crippen LogP contribution is -2.39. The molecule has 10 aromatic carbocycles. The Morgan fingerprint density at radius 3 is 0.641 bits per heavy atom. The molecule has 0 N–H and O–H groups in total. The number of rotatable bonds is 4. The Kier molecular flexibility index (Phi) is 31.4. The van der Waals surface area contributed by atoms with Gasteiger partial charge in [0.05, 0.1) is 0 Å². The van der Waals surface area contributed by atoms with Gasteiger partial charge >= 0.3 is 0 Å². The molecule has 0 saturated heterocycles. The lowest BCUT2D eigenvalue weighted by Gasteiger charge is -2.45. The van der Waals surface area contributed by atoms with Crippen LogP contribution < -0.4 is 4.74 Å². The molecule has 0 heterocycles. The van der Waals surface area contributed by atoms with E-state index >= 15 is 0 Å². The summed E-state index contributed by atoms with van der Waals surface area (Å²) in [5.74, 6) is 13.5. The third-order valence-electron chi connectivity index (χ3n) is 26.0. The minimum absolute atomic E-state index is 0.899. The van der Waals surface area contributed by atoms with Gasteiger partial charge in [-0.3, -0.25) is 0 Å². The van der Waals surface area contributed by atoms with E-state index in [4.69, 9.17) is 4.74 Å². The lowest BCUT2D eigenvalue weighted by atomic mass is 9.60. The van der Waals surface area contributed by atoms with Crippen molar-refractivity contribution in [2.24, 2.45) is 71.0 Å². The maximum absolute atomic E-state index is 5.85. The molecule has 1 heteroatoms. The Balaban J connectivity index is 0.000000188. The standard InChI is InChI=1S/C18H18.C16H18O.C16H18.C14H16.C10H20.C10H14.C10H20.C8H16/c1-11-5-15-9-17-7-13(3)14(4)8-18(17)10-16(15)6-12(11)2;1-11-5-7-15(9-13(11)3)17-16-8-6-12(2)14(4)10-16;1-11-5-7-15(9-13(11)3)16-8-6-12(2)14(4)10-16;1-9-5-13-7-11(3)12(4)8-14(13)6-10(9)2;2*1-7-5-9(3)10(4)6-8(7)2;1-5-10-8(3)6-7(2)9(10)4;1-5-6(2)8(4)7(5)3/h5-10H,1-4H3;5-10H,1-4H3;5-10H,1-4H3;5-8H,1-4H3;7-10H,5-6H2,1-4H3;5-6H,1-4H3;7-10H,5-6H2,1-4H3;5-8H,1-4H3. The molecule has 103 heavy (non-hydrogen) atoms. The first-order chi connectivity index (χ1) is 48.3. The van der Waals surface area contributed by atoms with E-state index in [1.165, 1.54) is 180 Å². The van der Waals surface area contributed by atoms with Gasteiger partial charge < -0.3 is 4.74 Å². The first-order valence-corrected chi connectivity index (χ1v) is 39.7. The van der Waals surface area contributed by atoms with Gasteiger partial charge in [-0.05, 0) is 420 Å². The predicted molar refractivity (Wildman–Crippen MR) is 460 cm³/mol. The van der Waals surface area contributed by atoms with E-state index in [0.717, 1.165) is 82.5 Å². The van der Waals surface area contributed by atoms with Gasteiger partial charge in [-0.2, -0.15) is 0 Å². The molecule has 13 rings (SSSR count). The Morgan fingerprint density at radius 1 is 0.214 bits per heavy atom. The molecule has 8 unspecified atom stereocenters. The summed E-state index contributed by atoms with van der Waals surface area (Å²) in [7, 11) is 0.